The fourth-order valence-electron chi connectivity index (χ4n) is 4.68. The van der Waals surface area contributed by atoms with Crippen LogP contribution in [0.1, 0.15) is 17.7 Å². The van der Waals surface area contributed by atoms with Gasteiger partial charge in [0.2, 0.25) is 0 Å². The summed E-state index contributed by atoms with van der Waals surface area (Å²) < 4.78 is 15.7. The zero-order chi connectivity index (χ0) is 20.8. The zero-order valence-corrected chi connectivity index (χ0v) is 17.1. The van der Waals surface area contributed by atoms with Crippen molar-refractivity contribution in [1.82, 2.24) is 24.6 Å². The summed E-state index contributed by atoms with van der Waals surface area (Å²) in [5, 5.41) is 4.86. The van der Waals surface area contributed by atoms with Gasteiger partial charge >= 0.3 is 0 Å². The van der Waals surface area contributed by atoms with Gasteiger partial charge in [-0.15, -0.1) is 0 Å². The van der Waals surface area contributed by atoms with E-state index in [1.807, 2.05) is 22.8 Å². The van der Waals surface area contributed by atoms with Gasteiger partial charge in [0.25, 0.3) is 0 Å². The minimum absolute atomic E-state index is 0.259. The normalized spacial score (nSPS) is 16.2. The number of aromatic nitrogens is 5. The minimum Gasteiger partial charge on any atom is -0.353 e. The van der Waals surface area contributed by atoms with Crippen molar-refractivity contribution in [3.05, 3.63) is 66.0 Å². The van der Waals surface area contributed by atoms with Crippen LogP contribution in [0.4, 0.5) is 16.0 Å². The number of nitrogens with zero attached hydrogens (tertiary/aromatic N) is 7. The molecule has 0 radical (unpaired) electrons. The summed E-state index contributed by atoms with van der Waals surface area (Å²) in [4.78, 5) is 18.2. The maximum Gasteiger partial charge on any atom is 0.158 e. The van der Waals surface area contributed by atoms with E-state index in [9.17, 15) is 4.39 Å². The molecule has 4 aromatic rings. The molecule has 7 nitrogen and oxygen atoms in total. The fraction of sp³-hybridized carbons (Fsp3) is 0.304. The Kier molecular flexibility index (Phi) is 4.29. The first-order valence-corrected chi connectivity index (χ1v) is 10.7. The SMILES string of the molecule is Fc1cccc(-c2cc3nc4c(c(N5CCN(c6cnccn6)CC5)n3n2)CCC4)c1. The molecule has 2 aliphatic rings. The van der Waals surface area contributed by atoms with Crippen molar-refractivity contribution in [3.63, 3.8) is 0 Å². The second-order valence-electron chi connectivity index (χ2n) is 8.06. The second-order valence-corrected chi connectivity index (χ2v) is 8.06. The molecular formula is C23H22FN7. The van der Waals surface area contributed by atoms with E-state index in [0.717, 1.165) is 74.0 Å². The lowest BCUT2D eigenvalue weighted by Crippen LogP contribution is -2.47. The molecule has 1 aliphatic carbocycles. The molecular weight excluding hydrogens is 393 g/mol. The molecule has 8 heteroatoms. The quantitative estimate of drug-likeness (QED) is 0.512. The van der Waals surface area contributed by atoms with E-state index >= 15 is 0 Å². The number of benzene rings is 1. The summed E-state index contributed by atoms with van der Waals surface area (Å²) in [6, 6.07) is 8.54. The number of hydrogen-bond donors (Lipinski definition) is 0. The first-order valence-electron chi connectivity index (χ1n) is 10.7. The topological polar surface area (TPSA) is 62.5 Å². The van der Waals surface area contributed by atoms with Crippen LogP contribution in [0.2, 0.25) is 0 Å². The molecule has 0 saturated carbocycles. The largest absolute Gasteiger partial charge is 0.353 e. The van der Waals surface area contributed by atoms with Crippen LogP contribution in [0.3, 0.4) is 0 Å². The van der Waals surface area contributed by atoms with Crippen LogP contribution < -0.4 is 9.80 Å². The zero-order valence-electron chi connectivity index (χ0n) is 17.1. The van der Waals surface area contributed by atoms with E-state index in [2.05, 4.69) is 19.8 Å². The van der Waals surface area contributed by atoms with Crippen LogP contribution >= 0.6 is 0 Å². The molecule has 3 aromatic heterocycles. The smallest absolute Gasteiger partial charge is 0.158 e. The molecule has 1 saturated heterocycles. The monoisotopic (exact) mass is 415 g/mol. The molecule has 1 aliphatic heterocycles. The fourth-order valence-corrected chi connectivity index (χ4v) is 4.68. The van der Waals surface area contributed by atoms with E-state index in [1.165, 1.54) is 23.4 Å². The Bertz CT molecular complexity index is 1250. The first kappa shape index (κ1) is 18.2. The molecule has 1 aromatic carbocycles. The number of halogens is 1. The summed E-state index contributed by atoms with van der Waals surface area (Å²) in [5.41, 5.74) is 4.81. The van der Waals surface area contributed by atoms with Crippen molar-refractivity contribution in [2.24, 2.45) is 0 Å². The van der Waals surface area contributed by atoms with Gasteiger partial charge in [-0.25, -0.2) is 14.4 Å². The van der Waals surface area contributed by atoms with Gasteiger partial charge in [-0.05, 0) is 31.4 Å². The van der Waals surface area contributed by atoms with E-state index in [0.29, 0.717) is 0 Å². The van der Waals surface area contributed by atoms with Crippen LogP contribution in [0, 0.1) is 5.82 Å². The lowest BCUT2D eigenvalue weighted by atomic mass is 10.1. The van der Waals surface area contributed by atoms with Crippen molar-refractivity contribution in [2.45, 2.75) is 19.3 Å². The maximum absolute atomic E-state index is 13.8. The lowest BCUT2D eigenvalue weighted by molar-refractivity contribution is 0.627. The highest BCUT2D eigenvalue weighted by Gasteiger charge is 2.27. The molecule has 0 N–H and O–H groups in total. The standard InChI is InChI=1S/C23H22FN7/c24-17-4-1-3-16(13-17)20-14-21-27-19-6-2-5-18(19)23(31(21)28-20)30-11-9-29(10-12-30)22-15-25-7-8-26-22/h1,3-4,7-8,13-15H,2,5-6,9-12H2. The molecule has 0 amide bonds. The van der Waals surface area contributed by atoms with Gasteiger partial charge < -0.3 is 9.80 Å². The average molecular weight is 415 g/mol. The Morgan fingerprint density at radius 3 is 2.61 bits per heavy atom. The predicted molar refractivity (Wildman–Crippen MR) is 117 cm³/mol. The molecule has 0 spiro atoms. The van der Waals surface area contributed by atoms with Gasteiger partial charge in [0, 0.05) is 61.5 Å². The van der Waals surface area contributed by atoms with Crippen LogP contribution in [0.5, 0.6) is 0 Å². The Labute approximate surface area is 179 Å². The third kappa shape index (κ3) is 3.19. The number of hydrogen-bond acceptors (Lipinski definition) is 6. The highest BCUT2D eigenvalue weighted by Crippen LogP contribution is 2.33. The third-order valence-electron chi connectivity index (χ3n) is 6.17. The summed E-state index contributed by atoms with van der Waals surface area (Å²) >= 11 is 0. The van der Waals surface area contributed by atoms with E-state index in [1.54, 1.807) is 18.5 Å². The number of rotatable bonds is 3. The van der Waals surface area contributed by atoms with Crippen molar-refractivity contribution < 1.29 is 4.39 Å². The molecule has 0 unspecified atom stereocenters. The van der Waals surface area contributed by atoms with Gasteiger partial charge in [0.1, 0.15) is 17.5 Å². The molecule has 4 heterocycles. The van der Waals surface area contributed by atoms with Crippen molar-refractivity contribution in [3.8, 4) is 11.3 Å². The predicted octanol–water partition coefficient (Wildman–Crippen LogP) is 3.14. The molecule has 31 heavy (non-hydrogen) atoms. The number of fused-ring (bicyclic) bond motifs is 2. The first-order chi connectivity index (χ1) is 15.3. The Balaban J connectivity index is 1.38. The second kappa shape index (κ2) is 7.30. The average Bonchev–Trinajstić information content (AvgIpc) is 3.45. The summed E-state index contributed by atoms with van der Waals surface area (Å²) in [6.07, 6.45) is 8.39. The lowest BCUT2D eigenvalue weighted by Gasteiger charge is -2.37. The number of aryl methyl sites for hydroxylation is 1. The summed E-state index contributed by atoms with van der Waals surface area (Å²) in [6.45, 7) is 3.49. The molecule has 1 fully saturated rings. The van der Waals surface area contributed by atoms with Crippen molar-refractivity contribution in [2.75, 3.05) is 36.0 Å². The van der Waals surface area contributed by atoms with Gasteiger partial charge in [-0.1, -0.05) is 12.1 Å². The Morgan fingerprint density at radius 1 is 0.935 bits per heavy atom. The Morgan fingerprint density at radius 2 is 1.81 bits per heavy atom. The van der Waals surface area contributed by atoms with Crippen molar-refractivity contribution in [1.29, 1.82) is 0 Å². The molecule has 0 bridgehead atoms. The number of piperazine rings is 1. The van der Waals surface area contributed by atoms with Crippen molar-refractivity contribution >= 4 is 17.3 Å². The van der Waals surface area contributed by atoms with Gasteiger partial charge in [0.15, 0.2) is 5.65 Å². The van der Waals surface area contributed by atoms with Crippen LogP contribution in [0.15, 0.2) is 48.9 Å². The van der Waals surface area contributed by atoms with Crippen LogP contribution in [-0.2, 0) is 12.8 Å². The molecule has 0 atom stereocenters. The maximum atomic E-state index is 13.8. The molecule has 156 valence electrons. The third-order valence-corrected chi connectivity index (χ3v) is 6.17. The van der Waals surface area contributed by atoms with Crippen LogP contribution in [-0.4, -0.2) is 50.7 Å². The Hall–Kier alpha value is -3.55. The van der Waals surface area contributed by atoms with Gasteiger partial charge in [-0.3, -0.25) is 4.98 Å². The van der Waals surface area contributed by atoms with E-state index < -0.39 is 0 Å². The van der Waals surface area contributed by atoms with E-state index in [-0.39, 0.29) is 5.82 Å². The van der Waals surface area contributed by atoms with E-state index in [4.69, 9.17) is 10.1 Å². The van der Waals surface area contributed by atoms with Gasteiger partial charge in [0.05, 0.1) is 11.9 Å². The highest BCUT2D eigenvalue weighted by atomic mass is 19.1. The molecule has 6 rings (SSSR count). The van der Waals surface area contributed by atoms with Gasteiger partial charge in [-0.2, -0.15) is 9.61 Å². The summed E-state index contributed by atoms with van der Waals surface area (Å²) in [5.74, 6) is 1.80. The summed E-state index contributed by atoms with van der Waals surface area (Å²) in [7, 11) is 0. The van der Waals surface area contributed by atoms with Crippen LogP contribution in [0.25, 0.3) is 16.9 Å². The minimum atomic E-state index is -0.259. The highest BCUT2D eigenvalue weighted by molar-refractivity contribution is 5.68. The number of anilines is 2.